The molecule has 0 saturated carbocycles. The van der Waals surface area contributed by atoms with Crippen molar-refractivity contribution in [3.05, 3.63) is 30.4 Å². The molecule has 94 valence electrons. The summed E-state index contributed by atoms with van der Waals surface area (Å²) in [6.07, 6.45) is 3.86. The molecule has 2 aromatic rings. The lowest BCUT2D eigenvalue weighted by Gasteiger charge is -2.18. The molecule has 18 heavy (non-hydrogen) atoms. The smallest absolute Gasteiger partial charge is 0.127 e. The maximum absolute atomic E-state index is 4.45. The Hall–Kier alpha value is -1.88. The quantitative estimate of drug-likeness (QED) is 0.858. The average molecular weight is 243 g/mol. The Morgan fingerprint density at radius 1 is 1.22 bits per heavy atom. The van der Waals surface area contributed by atoms with Crippen LogP contribution in [0, 0.1) is 0 Å². The molecule has 0 bridgehead atoms. The van der Waals surface area contributed by atoms with Crippen LogP contribution in [-0.4, -0.2) is 35.2 Å². The van der Waals surface area contributed by atoms with E-state index in [4.69, 9.17) is 0 Å². The number of nitrogens with zero attached hydrogens (tertiary/aromatic N) is 4. The summed E-state index contributed by atoms with van der Waals surface area (Å²) in [4.78, 5) is 10.9. The lowest BCUT2D eigenvalue weighted by atomic mass is 10.2. The number of imidazole rings is 1. The summed E-state index contributed by atoms with van der Waals surface area (Å²) in [5, 5.41) is 3.32. The van der Waals surface area contributed by atoms with Crippen LogP contribution >= 0.6 is 0 Å². The van der Waals surface area contributed by atoms with Crippen LogP contribution < -0.4 is 10.2 Å². The maximum Gasteiger partial charge on any atom is 0.127 e. The van der Waals surface area contributed by atoms with E-state index in [0.717, 1.165) is 42.5 Å². The Morgan fingerprint density at radius 3 is 2.83 bits per heavy atom. The van der Waals surface area contributed by atoms with Crippen LogP contribution in [0.3, 0.4) is 0 Å². The van der Waals surface area contributed by atoms with E-state index in [2.05, 4.69) is 25.9 Å². The van der Waals surface area contributed by atoms with E-state index >= 15 is 0 Å². The molecule has 1 aliphatic rings. The minimum Gasteiger partial charge on any atom is -0.363 e. The van der Waals surface area contributed by atoms with E-state index in [9.17, 15) is 0 Å². The highest BCUT2D eigenvalue weighted by Gasteiger charge is 2.14. The zero-order valence-corrected chi connectivity index (χ0v) is 10.7. The Bertz CT molecular complexity index is 541. The third-order valence-electron chi connectivity index (χ3n) is 3.24. The minimum absolute atomic E-state index is 0.850. The van der Waals surface area contributed by atoms with E-state index < -0.39 is 0 Å². The van der Waals surface area contributed by atoms with E-state index in [1.807, 2.05) is 37.5 Å². The second-order valence-corrected chi connectivity index (χ2v) is 4.69. The highest BCUT2D eigenvalue weighted by atomic mass is 15.2. The van der Waals surface area contributed by atoms with Gasteiger partial charge in [-0.15, -0.1) is 0 Å². The first kappa shape index (κ1) is 11.2. The summed E-state index contributed by atoms with van der Waals surface area (Å²) < 4.78 is 2.27. The van der Waals surface area contributed by atoms with Gasteiger partial charge in [0, 0.05) is 38.9 Å². The standard InChI is InChI=1S/C13H17N5/c1-17(2)12-4-3-10(7-15-12)11-8-16-13-9-14-5-6-18(11)13/h3-4,7-8,14H,5-6,9H2,1-2H3. The molecule has 3 heterocycles. The van der Waals surface area contributed by atoms with Gasteiger partial charge in [0.25, 0.3) is 0 Å². The van der Waals surface area contributed by atoms with Crippen LogP contribution in [-0.2, 0) is 13.1 Å². The average Bonchev–Trinajstić information content (AvgIpc) is 2.82. The molecule has 0 aromatic carbocycles. The van der Waals surface area contributed by atoms with Gasteiger partial charge in [-0.2, -0.15) is 0 Å². The number of aromatic nitrogens is 3. The van der Waals surface area contributed by atoms with Crippen molar-refractivity contribution in [2.24, 2.45) is 0 Å². The molecule has 0 fully saturated rings. The van der Waals surface area contributed by atoms with Gasteiger partial charge < -0.3 is 14.8 Å². The van der Waals surface area contributed by atoms with Gasteiger partial charge >= 0.3 is 0 Å². The highest BCUT2D eigenvalue weighted by Crippen LogP contribution is 2.22. The van der Waals surface area contributed by atoms with Gasteiger partial charge in [-0.25, -0.2) is 9.97 Å². The molecule has 3 rings (SSSR count). The van der Waals surface area contributed by atoms with Crippen LogP contribution in [0.4, 0.5) is 5.82 Å². The van der Waals surface area contributed by atoms with Gasteiger partial charge in [0.05, 0.1) is 18.4 Å². The number of pyridine rings is 1. The third kappa shape index (κ3) is 1.86. The van der Waals surface area contributed by atoms with Gasteiger partial charge in [-0.1, -0.05) is 0 Å². The fourth-order valence-electron chi connectivity index (χ4n) is 2.23. The molecular weight excluding hydrogens is 226 g/mol. The molecule has 0 spiro atoms. The van der Waals surface area contributed by atoms with Crippen molar-refractivity contribution >= 4 is 5.82 Å². The number of rotatable bonds is 2. The van der Waals surface area contributed by atoms with Gasteiger partial charge in [0.2, 0.25) is 0 Å². The predicted octanol–water partition coefficient (Wildman–Crippen LogP) is 1.11. The SMILES string of the molecule is CN(C)c1ccc(-c2cnc3n2CCNC3)cn1. The zero-order valence-electron chi connectivity index (χ0n) is 10.7. The van der Waals surface area contributed by atoms with Crippen molar-refractivity contribution in [1.82, 2.24) is 19.9 Å². The molecule has 0 aliphatic carbocycles. The van der Waals surface area contributed by atoms with Crippen LogP contribution in [0.25, 0.3) is 11.3 Å². The number of fused-ring (bicyclic) bond motifs is 1. The first-order chi connectivity index (χ1) is 8.75. The second-order valence-electron chi connectivity index (χ2n) is 4.69. The predicted molar refractivity (Wildman–Crippen MR) is 71.5 cm³/mol. The lowest BCUT2D eigenvalue weighted by Crippen LogP contribution is -2.28. The van der Waals surface area contributed by atoms with Crippen molar-refractivity contribution in [2.45, 2.75) is 13.1 Å². The summed E-state index contributed by atoms with van der Waals surface area (Å²) in [5.41, 5.74) is 2.28. The van der Waals surface area contributed by atoms with Crippen molar-refractivity contribution in [3.63, 3.8) is 0 Å². The monoisotopic (exact) mass is 243 g/mol. The van der Waals surface area contributed by atoms with Crippen molar-refractivity contribution in [2.75, 3.05) is 25.5 Å². The highest BCUT2D eigenvalue weighted by molar-refractivity contribution is 5.60. The van der Waals surface area contributed by atoms with Gasteiger partial charge in [-0.3, -0.25) is 0 Å². The Morgan fingerprint density at radius 2 is 2.11 bits per heavy atom. The van der Waals surface area contributed by atoms with Crippen molar-refractivity contribution in [1.29, 1.82) is 0 Å². The second kappa shape index (κ2) is 4.42. The molecule has 0 atom stereocenters. The van der Waals surface area contributed by atoms with E-state index in [0.29, 0.717) is 0 Å². The third-order valence-corrected chi connectivity index (χ3v) is 3.24. The molecule has 5 heteroatoms. The van der Waals surface area contributed by atoms with Gasteiger partial charge in [-0.05, 0) is 12.1 Å². The number of hydrogen-bond donors (Lipinski definition) is 1. The van der Waals surface area contributed by atoms with Gasteiger partial charge in [0.1, 0.15) is 11.6 Å². The molecule has 5 nitrogen and oxygen atoms in total. The van der Waals surface area contributed by atoms with Crippen LogP contribution in [0.5, 0.6) is 0 Å². The van der Waals surface area contributed by atoms with Crippen LogP contribution in [0.1, 0.15) is 5.82 Å². The normalized spacial score (nSPS) is 14.3. The first-order valence-corrected chi connectivity index (χ1v) is 6.14. The summed E-state index contributed by atoms with van der Waals surface area (Å²) in [5.74, 6) is 2.08. The fraction of sp³-hybridized carbons (Fsp3) is 0.385. The number of anilines is 1. The molecule has 0 unspecified atom stereocenters. The molecule has 0 amide bonds. The lowest BCUT2D eigenvalue weighted by molar-refractivity contribution is 0.508. The maximum atomic E-state index is 4.45. The molecule has 1 aliphatic heterocycles. The summed E-state index contributed by atoms with van der Waals surface area (Å²) >= 11 is 0. The fourth-order valence-corrected chi connectivity index (χ4v) is 2.23. The Balaban J connectivity index is 1.97. The molecule has 0 radical (unpaired) electrons. The Kier molecular flexibility index (Phi) is 2.76. The largest absolute Gasteiger partial charge is 0.363 e. The summed E-state index contributed by atoms with van der Waals surface area (Å²) in [7, 11) is 3.99. The van der Waals surface area contributed by atoms with Crippen LogP contribution in [0.15, 0.2) is 24.5 Å². The Labute approximate surface area is 106 Å². The summed E-state index contributed by atoms with van der Waals surface area (Å²) in [6.45, 7) is 2.82. The van der Waals surface area contributed by atoms with E-state index in [-0.39, 0.29) is 0 Å². The van der Waals surface area contributed by atoms with Crippen molar-refractivity contribution in [3.8, 4) is 11.3 Å². The van der Waals surface area contributed by atoms with Crippen molar-refractivity contribution < 1.29 is 0 Å². The first-order valence-electron chi connectivity index (χ1n) is 6.14. The minimum atomic E-state index is 0.850. The summed E-state index contributed by atoms with van der Waals surface area (Å²) in [6, 6.07) is 4.14. The molecule has 2 aromatic heterocycles. The van der Waals surface area contributed by atoms with Gasteiger partial charge in [0.15, 0.2) is 0 Å². The van der Waals surface area contributed by atoms with Crippen LogP contribution in [0.2, 0.25) is 0 Å². The molecular formula is C13H17N5. The number of nitrogens with one attached hydrogen (secondary N) is 1. The zero-order chi connectivity index (χ0) is 12.5. The topological polar surface area (TPSA) is 46.0 Å². The van der Waals surface area contributed by atoms with E-state index in [1.54, 1.807) is 0 Å². The number of hydrogen-bond acceptors (Lipinski definition) is 4. The molecule has 1 N–H and O–H groups in total. The van der Waals surface area contributed by atoms with E-state index in [1.165, 1.54) is 0 Å². The molecule has 0 saturated heterocycles.